The van der Waals surface area contributed by atoms with E-state index < -0.39 is 0 Å². The molecule has 1 unspecified atom stereocenters. The van der Waals surface area contributed by atoms with Gasteiger partial charge in [-0.3, -0.25) is 4.68 Å². The van der Waals surface area contributed by atoms with E-state index in [1.165, 1.54) is 24.1 Å². The van der Waals surface area contributed by atoms with E-state index in [2.05, 4.69) is 57.7 Å². The van der Waals surface area contributed by atoms with Crippen LogP contribution >= 0.6 is 0 Å². The normalized spacial score (nSPS) is 15.2. The predicted octanol–water partition coefficient (Wildman–Crippen LogP) is 2.84. The smallest absolute Gasteiger partial charge is 0.106 e. The van der Waals surface area contributed by atoms with Crippen molar-refractivity contribution in [1.82, 2.24) is 24.6 Å². The van der Waals surface area contributed by atoms with Gasteiger partial charge in [0.25, 0.3) is 0 Å². The van der Waals surface area contributed by atoms with Gasteiger partial charge in [-0.15, -0.1) is 0 Å². The van der Waals surface area contributed by atoms with Gasteiger partial charge in [0.05, 0.1) is 16.7 Å². The van der Waals surface area contributed by atoms with Crippen LogP contribution in [0, 0.1) is 6.92 Å². The van der Waals surface area contributed by atoms with Gasteiger partial charge in [-0.2, -0.15) is 5.10 Å². The van der Waals surface area contributed by atoms with E-state index in [1.807, 2.05) is 6.07 Å². The van der Waals surface area contributed by atoms with Gasteiger partial charge in [0, 0.05) is 31.4 Å². The van der Waals surface area contributed by atoms with Gasteiger partial charge in [0.2, 0.25) is 0 Å². The fourth-order valence-electron chi connectivity index (χ4n) is 3.47. The number of nitrogens with one attached hydrogen (secondary N) is 1. The summed E-state index contributed by atoms with van der Waals surface area (Å²) in [5.74, 6) is 1.07. The Morgan fingerprint density at radius 3 is 3.04 bits per heavy atom. The summed E-state index contributed by atoms with van der Waals surface area (Å²) in [7, 11) is 0. The zero-order chi connectivity index (χ0) is 15.8. The number of aromatic nitrogens is 4. The molecule has 2 aromatic heterocycles. The highest BCUT2D eigenvalue weighted by atomic mass is 15.3. The molecule has 3 aromatic rings. The van der Waals surface area contributed by atoms with Crippen molar-refractivity contribution in [3.05, 3.63) is 47.5 Å². The third kappa shape index (κ3) is 2.65. The maximum atomic E-state index is 4.71. The molecule has 4 rings (SSSR count). The number of nitrogens with zero attached hydrogens (tertiary/aromatic N) is 4. The Balaban J connectivity index is 1.41. The first kappa shape index (κ1) is 14.5. The molecule has 0 bridgehead atoms. The molecule has 0 saturated heterocycles. The van der Waals surface area contributed by atoms with E-state index in [1.54, 1.807) is 0 Å². The quantitative estimate of drug-likeness (QED) is 0.788. The lowest BCUT2D eigenvalue weighted by Gasteiger charge is -2.13. The van der Waals surface area contributed by atoms with Crippen LogP contribution in [-0.4, -0.2) is 25.9 Å². The molecular formula is C18H23N5. The molecule has 1 atom stereocenters. The zero-order valence-electron chi connectivity index (χ0n) is 13.8. The minimum atomic E-state index is 0.281. The molecule has 1 aliphatic heterocycles. The highest BCUT2D eigenvalue weighted by molar-refractivity contribution is 5.75. The molecule has 23 heavy (non-hydrogen) atoms. The standard InChI is InChI=1S/C18H23N5/c1-13(17-12-15-6-5-10-23(15)21-17)19-9-11-22-14(2)20-16-7-3-4-8-18(16)22/h3-4,7-8,12-13,19H,5-6,9-11H2,1-2H3. The molecule has 1 N–H and O–H groups in total. The first-order chi connectivity index (χ1) is 11.2. The lowest BCUT2D eigenvalue weighted by atomic mass is 10.2. The Labute approximate surface area is 136 Å². The summed E-state index contributed by atoms with van der Waals surface area (Å²) in [6.45, 7) is 7.16. The van der Waals surface area contributed by atoms with Crippen molar-refractivity contribution in [3.8, 4) is 0 Å². The molecule has 0 aliphatic carbocycles. The van der Waals surface area contributed by atoms with Crippen molar-refractivity contribution in [2.24, 2.45) is 0 Å². The van der Waals surface area contributed by atoms with Crippen LogP contribution in [0.15, 0.2) is 30.3 Å². The van der Waals surface area contributed by atoms with E-state index in [-0.39, 0.29) is 6.04 Å². The zero-order valence-corrected chi connectivity index (χ0v) is 13.8. The number of rotatable bonds is 5. The Kier molecular flexibility index (Phi) is 3.65. The Morgan fingerprint density at radius 2 is 2.17 bits per heavy atom. The molecule has 5 heteroatoms. The second kappa shape index (κ2) is 5.81. The lowest BCUT2D eigenvalue weighted by Crippen LogP contribution is -2.24. The van der Waals surface area contributed by atoms with Crippen LogP contribution in [0.4, 0.5) is 0 Å². The van der Waals surface area contributed by atoms with Gasteiger partial charge in [-0.05, 0) is 44.9 Å². The van der Waals surface area contributed by atoms with Crippen molar-refractivity contribution < 1.29 is 0 Å². The number of fused-ring (bicyclic) bond motifs is 2. The lowest BCUT2D eigenvalue weighted by molar-refractivity contribution is 0.513. The van der Waals surface area contributed by atoms with Crippen molar-refractivity contribution >= 4 is 11.0 Å². The van der Waals surface area contributed by atoms with Crippen molar-refractivity contribution in [2.75, 3.05) is 6.54 Å². The summed E-state index contributed by atoms with van der Waals surface area (Å²) in [6.07, 6.45) is 2.40. The fraction of sp³-hybridized carbons (Fsp3) is 0.444. The second-order valence-electron chi connectivity index (χ2n) is 6.36. The SMILES string of the molecule is Cc1nc2ccccc2n1CCNC(C)c1cc2n(n1)CCC2. The fourth-order valence-corrected chi connectivity index (χ4v) is 3.47. The van der Waals surface area contributed by atoms with Crippen molar-refractivity contribution in [1.29, 1.82) is 0 Å². The van der Waals surface area contributed by atoms with E-state index in [0.29, 0.717) is 0 Å². The molecule has 1 aromatic carbocycles. The Morgan fingerprint density at radius 1 is 1.30 bits per heavy atom. The number of benzene rings is 1. The molecule has 0 spiro atoms. The van der Waals surface area contributed by atoms with Crippen LogP contribution in [0.3, 0.4) is 0 Å². The number of imidazole rings is 1. The maximum absolute atomic E-state index is 4.71. The van der Waals surface area contributed by atoms with Gasteiger partial charge in [-0.1, -0.05) is 12.1 Å². The summed E-state index contributed by atoms with van der Waals surface area (Å²) in [5, 5.41) is 8.30. The van der Waals surface area contributed by atoms with Crippen LogP contribution in [0.1, 0.15) is 36.6 Å². The number of hydrogen-bond donors (Lipinski definition) is 1. The third-order valence-corrected chi connectivity index (χ3v) is 4.76. The molecule has 120 valence electrons. The number of hydrogen-bond acceptors (Lipinski definition) is 3. The molecule has 0 saturated carbocycles. The highest BCUT2D eigenvalue weighted by Gasteiger charge is 2.16. The van der Waals surface area contributed by atoms with Gasteiger partial charge in [0.1, 0.15) is 5.82 Å². The van der Waals surface area contributed by atoms with Gasteiger partial charge < -0.3 is 9.88 Å². The molecular weight excluding hydrogens is 286 g/mol. The average Bonchev–Trinajstić information content (AvgIpc) is 3.20. The van der Waals surface area contributed by atoms with Crippen LogP contribution < -0.4 is 5.32 Å². The predicted molar refractivity (Wildman–Crippen MR) is 91.4 cm³/mol. The number of aryl methyl sites for hydroxylation is 3. The van der Waals surface area contributed by atoms with E-state index in [4.69, 9.17) is 5.10 Å². The number of para-hydroxylation sites is 2. The van der Waals surface area contributed by atoms with Crippen LogP contribution in [0.2, 0.25) is 0 Å². The third-order valence-electron chi connectivity index (χ3n) is 4.76. The van der Waals surface area contributed by atoms with Crippen molar-refractivity contribution in [2.45, 2.75) is 45.8 Å². The minimum absolute atomic E-state index is 0.281. The van der Waals surface area contributed by atoms with Gasteiger partial charge in [0.15, 0.2) is 0 Å². The molecule has 0 radical (unpaired) electrons. The molecule has 5 nitrogen and oxygen atoms in total. The largest absolute Gasteiger partial charge is 0.327 e. The van der Waals surface area contributed by atoms with E-state index >= 15 is 0 Å². The van der Waals surface area contributed by atoms with E-state index in [9.17, 15) is 0 Å². The first-order valence-electron chi connectivity index (χ1n) is 8.44. The maximum Gasteiger partial charge on any atom is 0.106 e. The van der Waals surface area contributed by atoms with Gasteiger partial charge in [-0.25, -0.2) is 4.98 Å². The second-order valence-corrected chi connectivity index (χ2v) is 6.36. The monoisotopic (exact) mass is 309 g/mol. The topological polar surface area (TPSA) is 47.7 Å². The summed E-state index contributed by atoms with van der Waals surface area (Å²) >= 11 is 0. The first-order valence-corrected chi connectivity index (χ1v) is 8.44. The Bertz CT molecular complexity index is 808. The average molecular weight is 309 g/mol. The molecule has 0 fully saturated rings. The van der Waals surface area contributed by atoms with Crippen LogP contribution in [-0.2, 0) is 19.5 Å². The van der Waals surface area contributed by atoms with Crippen molar-refractivity contribution in [3.63, 3.8) is 0 Å². The summed E-state index contributed by atoms with van der Waals surface area (Å²) in [6, 6.07) is 10.9. The summed E-state index contributed by atoms with van der Waals surface area (Å²) in [4.78, 5) is 4.62. The summed E-state index contributed by atoms with van der Waals surface area (Å²) in [5.41, 5.74) is 4.82. The highest BCUT2D eigenvalue weighted by Crippen LogP contribution is 2.19. The van der Waals surface area contributed by atoms with Crippen LogP contribution in [0.25, 0.3) is 11.0 Å². The minimum Gasteiger partial charge on any atom is -0.327 e. The molecule has 0 amide bonds. The summed E-state index contributed by atoms with van der Waals surface area (Å²) < 4.78 is 4.43. The Hall–Kier alpha value is -2.14. The van der Waals surface area contributed by atoms with E-state index in [0.717, 1.165) is 36.7 Å². The van der Waals surface area contributed by atoms with Crippen LogP contribution in [0.5, 0.6) is 0 Å². The van der Waals surface area contributed by atoms with Gasteiger partial charge >= 0.3 is 0 Å². The molecule has 3 heterocycles. The molecule has 1 aliphatic rings.